The Hall–Kier alpha value is -1.76. The number of rotatable bonds is 3. The molecule has 1 amide bonds. The lowest BCUT2D eigenvalue weighted by Gasteiger charge is -2.31. The average molecular weight is 307 g/mol. The maximum absolute atomic E-state index is 12.4. The molecule has 1 aliphatic heterocycles. The molecule has 0 unspecified atom stereocenters. The van der Waals surface area contributed by atoms with Gasteiger partial charge in [0.2, 0.25) is 5.91 Å². The van der Waals surface area contributed by atoms with Crippen LogP contribution in [0.4, 0.5) is 0 Å². The van der Waals surface area contributed by atoms with Crippen molar-refractivity contribution >= 4 is 27.7 Å². The number of benzene rings is 1. The van der Waals surface area contributed by atoms with E-state index in [1.54, 1.807) is 11.0 Å². The van der Waals surface area contributed by atoms with Gasteiger partial charge in [-0.1, -0.05) is 6.07 Å². The van der Waals surface area contributed by atoms with Gasteiger partial charge >= 0.3 is 0 Å². The number of aromatic nitrogens is 2. The van der Waals surface area contributed by atoms with E-state index in [1.165, 1.54) is 0 Å². The Morgan fingerprint density at radius 1 is 1.33 bits per heavy atom. The van der Waals surface area contributed by atoms with Gasteiger partial charge in [-0.05, 0) is 40.9 Å². The summed E-state index contributed by atoms with van der Waals surface area (Å²) in [5.74, 6) is 1.46. The molecule has 3 rings (SSSR count). The zero-order chi connectivity index (χ0) is 14.8. The van der Waals surface area contributed by atoms with Crippen molar-refractivity contribution in [1.82, 2.24) is 15.2 Å². The molecule has 0 radical (unpaired) electrons. The lowest BCUT2D eigenvalue weighted by atomic mass is 10.1. The maximum atomic E-state index is 12.4. The van der Waals surface area contributed by atoms with E-state index in [0.717, 1.165) is 18.4 Å². The van der Waals surface area contributed by atoms with Crippen LogP contribution in [0.2, 0.25) is 0 Å². The lowest BCUT2D eigenvalue weighted by Crippen LogP contribution is -2.41. The number of hydrogen-bond donors (Lipinski definition) is 0. The Balaban J connectivity index is 1.66. The van der Waals surface area contributed by atoms with Crippen LogP contribution in [0.3, 0.4) is 0 Å². The standard InChI is InChI=1S/C14H17N3O3S/c1-17(11-4-6-21(19)7-5-11)14(18)9-10-2-3-12-13(8-10)16-20-15-12/h2-3,8,11H,4-7,9H2,1H3. The Morgan fingerprint density at radius 2 is 2.05 bits per heavy atom. The minimum absolute atomic E-state index is 0.0727. The quantitative estimate of drug-likeness (QED) is 0.850. The first-order valence-electron chi connectivity index (χ1n) is 6.95. The third-order valence-electron chi connectivity index (χ3n) is 3.97. The van der Waals surface area contributed by atoms with E-state index in [4.69, 9.17) is 0 Å². The van der Waals surface area contributed by atoms with Gasteiger partial charge < -0.3 is 4.90 Å². The molecule has 2 heterocycles. The molecule has 0 aliphatic carbocycles. The summed E-state index contributed by atoms with van der Waals surface area (Å²) >= 11 is 0. The molecule has 2 aromatic rings. The Labute approximate surface area is 124 Å². The Kier molecular flexibility index (Phi) is 4.01. The zero-order valence-electron chi connectivity index (χ0n) is 11.8. The maximum Gasteiger partial charge on any atom is 0.226 e. The summed E-state index contributed by atoms with van der Waals surface area (Å²) in [5, 5.41) is 7.53. The molecule has 21 heavy (non-hydrogen) atoms. The van der Waals surface area contributed by atoms with Crippen LogP contribution in [0.25, 0.3) is 11.0 Å². The zero-order valence-corrected chi connectivity index (χ0v) is 12.6. The Morgan fingerprint density at radius 3 is 2.81 bits per heavy atom. The smallest absolute Gasteiger partial charge is 0.226 e. The van der Waals surface area contributed by atoms with Crippen LogP contribution in [0.15, 0.2) is 22.8 Å². The number of nitrogens with zero attached hydrogens (tertiary/aromatic N) is 3. The molecule has 1 saturated heterocycles. The lowest BCUT2D eigenvalue weighted by molar-refractivity contribution is -0.131. The van der Waals surface area contributed by atoms with Gasteiger partial charge in [0.05, 0.1) is 6.42 Å². The first-order valence-corrected chi connectivity index (χ1v) is 8.44. The molecule has 1 aromatic carbocycles. The molecule has 0 atom stereocenters. The molecule has 0 spiro atoms. The summed E-state index contributed by atoms with van der Waals surface area (Å²) < 4.78 is 16.0. The molecular formula is C14H17N3O3S. The van der Waals surface area contributed by atoms with Gasteiger partial charge in [-0.15, -0.1) is 0 Å². The highest BCUT2D eigenvalue weighted by Gasteiger charge is 2.24. The normalized spacial score (nSPS) is 22.3. The minimum atomic E-state index is -0.703. The summed E-state index contributed by atoms with van der Waals surface area (Å²) in [6, 6.07) is 5.70. The van der Waals surface area contributed by atoms with Gasteiger partial charge in [0.15, 0.2) is 0 Å². The highest BCUT2D eigenvalue weighted by atomic mass is 32.2. The summed E-state index contributed by atoms with van der Waals surface area (Å²) in [5.41, 5.74) is 2.25. The first-order chi connectivity index (χ1) is 10.1. The monoisotopic (exact) mass is 307 g/mol. The molecule has 6 nitrogen and oxygen atoms in total. The largest absolute Gasteiger partial charge is 0.342 e. The van der Waals surface area contributed by atoms with Crippen molar-refractivity contribution in [3.8, 4) is 0 Å². The summed E-state index contributed by atoms with van der Waals surface area (Å²) in [4.78, 5) is 14.2. The fraction of sp³-hybridized carbons (Fsp3) is 0.500. The van der Waals surface area contributed by atoms with E-state index in [2.05, 4.69) is 14.9 Å². The van der Waals surface area contributed by atoms with Gasteiger partial charge in [0, 0.05) is 35.4 Å². The fourth-order valence-corrected chi connectivity index (χ4v) is 3.88. The SMILES string of the molecule is CN(C(=O)Cc1ccc2nonc2c1)C1CCS(=O)CC1. The van der Waals surface area contributed by atoms with Crippen LogP contribution in [0.1, 0.15) is 18.4 Å². The van der Waals surface area contributed by atoms with Gasteiger partial charge in [-0.25, -0.2) is 4.63 Å². The fourth-order valence-electron chi connectivity index (χ4n) is 2.61. The van der Waals surface area contributed by atoms with E-state index in [-0.39, 0.29) is 11.9 Å². The van der Waals surface area contributed by atoms with Crippen LogP contribution in [0, 0.1) is 0 Å². The van der Waals surface area contributed by atoms with Gasteiger partial charge in [-0.2, -0.15) is 0 Å². The van der Waals surface area contributed by atoms with E-state index in [1.807, 2.05) is 19.2 Å². The molecule has 1 aliphatic rings. The molecule has 1 fully saturated rings. The number of likely N-dealkylation sites (N-methyl/N-ethyl adjacent to an activating group) is 1. The highest BCUT2D eigenvalue weighted by Crippen LogP contribution is 2.17. The molecule has 112 valence electrons. The molecule has 1 aromatic heterocycles. The highest BCUT2D eigenvalue weighted by molar-refractivity contribution is 7.85. The van der Waals surface area contributed by atoms with E-state index in [0.29, 0.717) is 29.0 Å². The third-order valence-corrected chi connectivity index (χ3v) is 5.35. The molecule has 7 heteroatoms. The summed E-state index contributed by atoms with van der Waals surface area (Å²) in [6.07, 6.45) is 1.97. The minimum Gasteiger partial charge on any atom is -0.342 e. The van der Waals surface area contributed by atoms with E-state index >= 15 is 0 Å². The second kappa shape index (κ2) is 5.93. The van der Waals surface area contributed by atoms with E-state index in [9.17, 15) is 9.00 Å². The van der Waals surface area contributed by atoms with Crippen molar-refractivity contribution in [2.75, 3.05) is 18.6 Å². The average Bonchev–Trinajstić information content (AvgIpc) is 2.95. The number of hydrogen-bond acceptors (Lipinski definition) is 5. The molecule has 0 N–H and O–H groups in total. The third kappa shape index (κ3) is 3.12. The van der Waals surface area contributed by atoms with Crippen molar-refractivity contribution in [3.63, 3.8) is 0 Å². The summed E-state index contributed by atoms with van der Waals surface area (Å²) in [6.45, 7) is 0. The van der Waals surface area contributed by atoms with Gasteiger partial charge in [-0.3, -0.25) is 9.00 Å². The van der Waals surface area contributed by atoms with Crippen LogP contribution in [-0.2, 0) is 22.0 Å². The molecule has 0 saturated carbocycles. The summed E-state index contributed by atoms with van der Waals surface area (Å²) in [7, 11) is 1.13. The number of carbonyl (C=O) groups is 1. The van der Waals surface area contributed by atoms with Crippen LogP contribution >= 0.6 is 0 Å². The number of fused-ring (bicyclic) bond motifs is 1. The van der Waals surface area contributed by atoms with Gasteiger partial charge in [0.1, 0.15) is 11.0 Å². The van der Waals surface area contributed by atoms with Crippen LogP contribution in [-0.4, -0.2) is 49.9 Å². The van der Waals surface area contributed by atoms with E-state index < -0.39 is 10.8 Å². The van der Waals surface area contributed by atoms with Crippen molar-refractivity contribution in [2.24, 2.45) is 0 Å². The first kappa shape index (κ1) is 14.2. The topological polar surface area (TPSA) is 76.3 Å². The van der Waals surface area contributed by atoms with Crippen LogP contribution in [0.5, 0.6) is 0 Å². The van der Waals surface area contributed by atoms with Crippen molar-refractivity contribution in [3.05, 3.63) is 23.8 Å². The predicted molar refractivity (Wildman–Crippen MR) is 79.2 cm³/mol. The van der Waals surface area contributed by atoms with Crippen molar-refractivity contribution < 1.29 is 13.6 Å². The number of amides is 1. The predicted octanol–water partition coefficient (Wildman–Crippen LogP) is 1.13. The molecule has 0 bridgehead atoms. The second-order valence-electron chi connectivity index (χ2n) is 5.35. The number of carbonyl (C=O) groups excluding carboxylic acids is 1. The van der Waals surface area contributed by atoms with Crippen molar-refractivity contribution in [1.29, 1.82) is 0 Å². The second-order valence-corrected chi connectivity index (χ2v) is 7.04. The van der Waals surface area contributed by atoms with Crippen LogP contribution < -0.4 is 0 Å². The van der Waals surface area contributed by atoms with Gasteiger partial charge in [0.25, 0.3) is 0 Å². The Bertz CT molecular complexity index is 675. The molecular weight excluding hydrogens is 290 g/mol. The van der Waals surface area contributed by atoms with Crippen molar-refractivity contribution in [2.45, 2.75) is 25.3 Å².